The predicted octanol–water partition coefficient (Wildman–Crippen LogP) is 1.79. The van der Waals surface area contributed by atoms with Gasteiger partial charge in [0.05, 0.1) is 5.92 Å². The second-order valence-electron chi connectivity index (χ2n) is 5.48. The van der Waals surface area contributed by atoms with Gasteiger partial charge in [-0.2, -0.15) is 0 Å². The number of hydrogen-bond donors (Lipinski definition) is 0. The van der Waals surface area contributed by atoms with Gasteiger partial charge in [0.1, 0.15) is 6.61 Å². The minimum Gasteiger partial charge on any atom is -0.457 e. The zero-order valence-corrected chi connectivity index (χ0v) is 12.5. The summed E-state index contributed by atoms with van der Waals surface area (Å²) in [6.07, 6.45) is 0.129. The van der Waals surface area contributed by atoms with Gasteiger partial charge in [-0.15, -0.1) is 0 Å². The van der Waals surface area contributed by atoms with Crippen molar-refractivity contribution in [3.8, 4) is 0 Å². The van der Waals surface area contributed by atoms with E-state index in [0.29, 0.717) is 6.54 Å². The highest BCUT2D eigenvalue weighted by Crippen LogP contribution is 2.27. The predicted molar refractivity (Wildman–Crippen MR) is 78.0 cm³/mol. The van der Waals surface area contributed by atoms with Gasteiger partial charge >= 0.3 is 5.97 Å². The van der Waals surface area contributed by atoms with E-state index in [1.165, 1.54) is 6.92 Å². The minimum absolute atomic E-state index is 0.0944. The van der Waals surface area contributed by atoms with Crippen LogP contribution in [0.4, 0.5) is 5.69 Å². The van der Waals surface area contributed by atoms with Crippen LogP contribution in [0.1, 0.15) is 24.5 Å². The topological polar surface area (TPSA) is 63.7 Å². The lowest BCUT2D eigenvalue weighted by Gasteiger charge is -2.17. The van der Waals surface area contributed by atoms with E-state index in [2.05, 4.69) is 0 Å². The molecule has 5 nitrogen and oxygen atoms in total. The molecule has 0 saturated carbocycles. The van der Waals surface area contributed by atoms with Crippen molar-refractivity contribution in [1.82, 2.24) is 0 Å². The summed E-state index contributed by atoms with van der Waals surface area (Å²) in [5, 5.41) is 0. The number of carbonyl (C=O) groups is 3. The number of amides is 1. The third-order valence-corrected chi connectivity index (χ3v) is 3.68. The van der Waals surface area contributed by atoms with Crippen LogP contribution in [0.3, 0.4) is 0 Å². The lowest BCUT2D eigenvalue weighted by molar-refractivity contribution is -0.151. The van der Waals surface area contributed by atoms with Crippen LogP contribution in [-0.4, -0.2) is 30.8 Å². The summed E-state index contributed by atoms with van der Waals surface area (Å²) < 4.78 is 4.90. The van der Waals surface area contributed by atoms with Crippen LogP contribution < -0.4 is 4.90 Å². The van der Waals surface area contributed by atoms with Gasteiger partial charge in [-0.3, -0.25) is 14.4 Å². The summed E-state index contributed by atoms with van der Waals surface area (Å²) in [5.41, 5.74) is 3.05. The molecule has 1 aromatic carbocycles. The SMILES string of the molecule is CC(=O)COC(=O)[C@@H]1CC(=O)N(c2ccc(C)c(C)c2)C1. The van der Waals surface area contributed by atoms with Gasteiger partial charge in [0.25, 0.3) is 0 Å². The average Bonchev–Trinajstić information content (AvgIpc) is 2.81. The lowest BCUT2D eigenvalue weighted by Crippen LogP contribution is -2.27. The number of rotatable bonds is 4. The van der Waals surface area contributed by atoms with Gasteiger partial charge in [-0.05, 0) is 44.0 Å². The summed E-state index contributed by atoms with van der Waals surface area (Å²) in [6.45, 7) is 5.42. The Bertz CT molecular complexity index is 594. The number of ether oxygens (including phenoxy) is 1. The standard InChI is InChI=1S/C16H19NO4/c1-10-4-5-14(6-11(10)2)17-8-13(7-15(17)19)16(20)21-9-12(3)18/h4-6,13H,7-9H2,1-3H3/t13-/m1/s1. The van der Waals surface area contributed by atoms with E-state index in [0.717, 1.165) is 16.8 Å². The smallest absolute Gasteiger partial charge is 0.311 e. The molecule has 0 N–H and O–H groups in total. The van der Waals surface area contributed by atoms with Crippen molar-refractivity contribution in [2.24, 2.45) is 5.92 Å². The van der Waals surface area contributed by atoms with Crippen molar-refractivity contribution in [1.29, 1.82) is 0 Å². The number of esters is 1. The molecule has 0 aromatic heterocycles. The quantitative estimate of drug-likeness (QED) is 0.793. The Balaban J connectivity index is 2.07. The van der Waals surface area contributed by atoms with Crippen LogP contribution in [-0.2, 0) is 19.1 Å². The molecular formula is C16H19NO4. The van der Waals surface area contributed by atoms with E-state index in [9.17, 15) is 14.4 Å². The van der Waals surface area contributed by atoms with Gasteiger partial charge < -0.3 is 9.64 Å². The molecule has 1 amide bonds. The van der Waals surface area contributed by atoms with Gasteiger partial charge in [0.15, 0.2) is 5.78 Å². The van der Waals surface area contributed by atoms with E-state index in [-0.39, 0.29) is 24.7 Å². The maximum Gasteiger partial charge on any atom is 0.311 e. The van der Waals surface area contributed by atoms with Crippen molar-refractivity contribution in [2.75, 3.05) is 18.1 Å². The van der Waals surface area contributed by atoms with Crippen LogP contribution in [0.2, 0.25) is 0 Å². The Hall–Kier alpha value is -2.17. The van der Waals surface area contributed by atoms with Crippen molar-refractivity contribution in [2.45, 2.75) is 27.2 Å². The van der Waals surface area contributed by atoms with Crippen LogP contribution >= 0.6 is 0 Å². The largest absolute Gasteiger partial charge is 0.457 e. The van der Waals surface area contributed by atoms with Crippen LogP contribution in [0.25, 0.3) is 0 Å². The van der Waals surface area contributed by atoms with Crippen LogP contribution in [0.15, 0.2) is 18.2 Å². The first-order valence-electron chi connectivity index (χ1n) is 6.92. The molecule has 112 valence electrons. The number of ketones is 1. The molecule has 0 aliphatic carbocycles. The zero-order valence-electron chi connectivity index (χ0n) is 12.5. The van der Waals surface area contributed by atoms with E-state index < -0.39 is 11.9 Å². The third-order valence-electron chi connectivity index (χ3n) is 3.68. The molecule has 0 bridgehead atoms. The molecular weight excluding hydrogens is 270 g/mol. The highest BCUT2D eigenvalue weighted by Gasteiger charge is 2.36. The molecule has 0 spiro atoms. The molecule has 1 aliphatic heterocycles. The van der Waals surface area contributed by atoms with Crippen LogP contribution in [0.5, 0.6) is 0 Å². The summed E-state index contributed by atoms with van der Waals surface area (Å²) in [4.78, 5) is 36.3. The molecule has 21 heavy (non-hydrogen) atoms. The lowest BCUT2D eigenvalue weighted by atomic mass is 10.1. The Morgan fingerprint density at radius 3 is 2.62 bits per heavy atom. The number of hydrogen-bond acceptors (Lipinski definition) is 4. The fourth-order valence-electron chi connectivity index (χ4n) is 2.30. The maximum atomic E-state index is 12.1. The van der Waals surface area contributed by atoms with Gasteiger partial charge in [-0.1, -0.05) is 6.07 Å². The van der Waals surface area contributed by atoms with E-state index in [1.807, 2.05) is 32.0 Å². The summed E-state index contributed by atoms with van der Waals surface area (Å²) in [6, 6.07) is 5.78. The highest BCUT2D eigenvalue weighted by molar-refractivity contribution is 5.99. The molecule has 5 heteroatoms. The van der Waals surface area contributed by atoms with Crippen molar-refractivity contribution in [3.05, 3.63) is 29.3 Å². The first-order chi connectivity index (χ1) is 9.88. The molecule has 1 saturated heterocycles. The number of nitrogens with zero attached hydrogens (tertiary/aromatic N) is 1. The second kappa shape index (κ2) is 6.08. The first-order valence-corrected chi connectivity index (χ1v) is 6.92. The zero-order chi connectivity index (χ0) is 15.6. The Morgan fingerprint density at radius 1 is 1.29 bits per heavy atom. The molecule has 1 fully saturated rings. The summed E-state index contributed by atoms with van der Waals surface area (Å²) in [5.74, 6) is -1.29. The van der Waals surface area contributed by atoms with E-state index in [4.69, 9.17) is 4.74 Å². The monoisotopic (exact) mass is 289 g/mol. The van der Waals surface area contributed by atoms with Gasteiger partial charge in [0, 0.05) is 18.7 Å². The normalized spacial score (nSPS) is 18.0. The van der Waals surface area contributed by atoms with Crippen molar-refractivity contribution < 1.29 is 19.1 Å². The number of Topliss-reactive ketones (excluding diaryl/α,β-unsaturated/α-hetero) is 1. The molecule has 1 aliphatic rings. The maximum absolute atomic E-state index is 12.1. The van der Waals surface area contributed by atoms with E-state index >= 15 is 0 Å². The second-order valence-corrected chi connectivity index (χ2v) is 5.48. The number of benzene rings is 1. The van der Waals surface area contributed by atoms with Crippen LogP contribution in [0, 0.1) is 19.8 Å². The van der Waals surface area contributed by atoms with Crippen molar-refractivity contribution in [3.63, 3.8) is 0 Å². The summed E-state index contributed by atoms with van der Waals surface area (Å²) >= 11 is 0. The number of anilines is 1. The molecule has 2 rings (SSSR count). The number of aryl methyl sites for hydroxylation is 2. The molecule has 0 unspecified atom stereocenters. The Morgan fingerprint density at radius 2 is 2.00 bits per heavy atom. The van der Waals surface area contributed by atoms with Gasteiger partial charge in [-0.25, -0.2) is 0 Å². The molecule has 1 heterocycles. The third kappa shape index (κ3) is 3.48. The fourth-order valence-corrected chi connectivity index (χ4v) is 2.30. The first kappa shape index (κ1) is 15.2. The molecule has 1 atom stereocenters. The van der Waals surface area contributed by atoms with Gasteiger partial charge in [0.2, 0.25) is 5.91 Å². The highest BCUT2D eigenvalue weighted by atomic mass is 16.5. The summed E-state index contributed by atoms with van der Waals surface area (Å²) in [7, 11) is 0. The molecule has 0 radical (unpaired) electrons. The number of carbonyl (C=O) groups excluding carboxylic acids is 3. The minimum atomic E-state index is -0.501. The molecule has 1 aromatic rings. The van der Waals surface area contributed by atoms with E-state index in [1.54, 1.807) is 4.90 Å². The Labute approximate surface area is 123 Å². The average molecular weight is 289 g/mol. The fraction of sp³-hybridized carbons (Fsp3) is 0.438. The van der Waals surface area contributed by atoms with Crippen molar-refractivity contribution >= 4 is 23.3 Å². The Kier molecular flexibility index (Phi) is 4.40.